The highest BCUT2D eigenvalue weighted by atomic mass is 32.3. The lowest BCUT2D eigenvalue weighted by Crippen LogP contribution is -2.50. The van der Waals surface area contributed by atoms with E-state index in [9.17, 15) is 33.0 Å². The highest BCUT2D eigenvalue weighted by molar-refractivity contribution is 8.09. The number of ether oxygens (including phenoxy) is 6. The maximum atomic E-state index is 10.4. The van der Waals surface area contributed by atoms with E-state index in [0.29, 0.717) is 10.8 Å². The van der Waals surface area contributed by atoms with E-state index in [1.165, 1.54) is 105 Å². The molecule has 0 bridgehead atoms. The zero-order valence-electron chi connectivity index (χ0n) is 67.3. The number of esters is 5. The molecule has 0 radical (unpaired) electrons. The Labute approximate surface area is 710 Å². The molecule has 0 aromatic carbocycles. The van der Waals surface area contributed by atoms with Crippen LogP contribution in [-0.2, 0) is 66.4 Å². The minimum absolute atomic E-state index is 0. The van der Waals surface area contributed by atoms with Gasteiger partial charge in [0.25, 0.3) is 0 Å². The lowest BCUT2D eigenvalue weighted by molar-refractivity contribution is -0.153. The average molecular weight is 1720 g/mol. The number of hydrogen-bond acceptors (Lipinski definition) is 15. The predicted octanol–water partition coefficient (Wildman–Crippen LogP) is 21.9. The van der Waals surface area contributed by atoms with Crippen LogP contribution >= 0.6 is 162 Å². The van der Waals surface area contributed by atoms with Gasteiger partial charge in [0.1, 0.15) is 43.2 Å². The van der Waals surface area contributed by atoms with Gasteiger partial charge in [0.05, 0.1) is 0 Å². The van der Waals surface area contributed by atoms with Crippen LogP contribution in [0.15, 0.2) is 16.8 Å². The number of carbonyl (C=O) groups is 6. The summed E-state index contributed by atoms with van der Waals surface area (Å²) < 4.78 is 50.5. The normalized spacial score (nSPS) is 19.4. The van der Waals surface area contributed by atoms with Crippen molar-refractivity contribution in [3.05, 3.63) is 22.1 Å². The van der Waals surface area contributed by atoms with Gasteiger partial charge in [0.2, 0.25) is 0 Å². The summed E-state index contributed by atoms with van der Waals surface area (Å²) >= 11 is 0. The molecular formula is C70H167N3O16S13. The summed E-state index contributed by atoms with van der Waals surface area (Å²) in [5.74, 6) is 5.60. The molecule has 32 heteroatoms. The van der Waals surface area contributed by atoms with Crippen LogP contribution in [0.3, 0.4) is 0 Å². The first-order valence-corrected chi connectivity index (χ1v) is 33.9. The number of hydrogen-bond donors (Lipinski definition) is 2. The maximum absolute atomic E-state index is 10.4. The topological polar surface area (TPSA) is 273 Å². The first-order valence-electron chi connectivity index (χ1n) is 31.3. The molecule has 0 aromatic heterocycles. The van der Waals surface area contributed by atoms with Gasteiger partial charge in [-0.2, -0.15) is 162 Å². The number of carbonyl (C=O) groups excluding carboxylic acids is 6. The Morgan fingerprint density at radius 2 is 0.833 bits per heavy atom. The maximum Gasteiger partial charge on any atom is 0.397 e. The Kier molecular flexibility index (Phi) is 105. The minimum atomic E-state index is -4.06. The molecule has 636 valence electrons. The molecule has 102 heavy (non-hydrogen) atoms. The predicted molar refractivity (Wildman–Crippen MR) is 498 cm³/mol. The van der Waals surface area contributed by atoms with Gasteiger partial charge in [0.15, 0.2) is 0 Å². The van der Waals surface area contributed by atoms with Crippen molar-refractivity contribution in [3.63, 3.8) is 0 Å². The van der Waals surface area contributed by atoms with Crippen molar-refractivity contribution >= 4 is 208 Å². The van der Waals surface area contributed by atoms with Crippen LogP contribution in [0.4, 0.5) is 4.79 Å². The van der Waals surface area contributed by atoms with Crippen molar-refractivity contribution in [2.45, 2.75) is 341 Å². The fourth-order valence-electron chi connectivity index (χ4n) is 11.3. The third-order valence-electron chi connectivity index (χ3n) is 13.5. The van der Waals surface area contributed by atoms with Crippen molar-refractivity contribution in [2.75, 3.05) is 12.5 Å². The second-order valence-corrected chi connectivity index (χ2v) is 34.0. The Balaban J connectivity index is -0.0000000438. The molecule has 0 aliphatic heterocycles. The van der Waals surface area contributed by atoms with E-state index in [2.05, 4.69) is 66.7 Å². The van der Waals surface area contributed by atoms with Gasteiger partial charge in [0, 0.05) is 57.2 Å². The summed E-state index contributed by atoms with van der Waals surface area (Å²) in [7, 11) is -4.06. The van der Waals surface area contributed by atoms with Crippen molar-refractivity contribution < 1.29 is 75.5 Å². The Morgan fingerprint density at radius 3 is 1.07 bits per heavy atom. The van der Waals surface area contributed by atoms with E-state index in [-0.39, 0.29) is 242 Å². The number of nitrogens with zero attached hydrogens (tertiary/aromatic N) is 3. The van der Waals surface area contributed by atoms with Crippen molar-refractivity contribution in [2.24, 2.45) is 57.4 Å². The molecule has 8 unspecified atom stereocenters. The summed E-state index contributed by atoms with van der Waals surface area (Å²) in [5, 5.41) is 10.4. The lowest BCUT2D eigenvalue weighted by atomic mass is 9.46. The third-order valence-corrected chi connectivity index (χ3v) is 14.0. The molecule has 4 aliphatic carbocycles. The molecular weight excluding hydrogens is 1560 g/mol. The number of allylic oxidation sites excluding steroid dienone is 2. The average Bonchev–Trinajstić information content (AvgIpc) is 3.61. The van der Waals surface area contributed by atoms with Gasteiger partial charge in [-0.3, -0.25) is 24.0 Å². The fourth-order valence-corrected chi connectivity index (χ4v) is 11.3. The van der Waals surface area contributed by atoms with E-state index >= 15 is 0 Å². The summed E-state index contributed by atoms with van der Waals surface area (Å²) in [6.07, 6.45) is 19.9. The smallest absolute Gasteiger partial charge is 0.397 e. The first-order chi connectivity index (χ1) is 38.6. The summed E-state index contributed by atoms with van der Waals surface area (Å²) in [6.45, 7) is 59.0. The standard InChI is InChI=1S/C28H48.5C6H12O2.C5H9N3O2.C2H8O4S.C2H6.3CH4.12H2S/c1-19(2)8-7-9-21(4)24-12-13-25-23-11-10-22-18-20(3)14-16-27(22,5)26(23)15-17-28(24,25)6;5*1-5(7)8-6(2,3)4;1-5(2,3)10-4(9)7-8-6;1-7(2,4,5)6-3;1-2;;;;;;;;;;;;;;;/h10,19-21,23-26H,7-9,11-18H2,1-6H3;5*1-4H3;1-3H3;3H,1-2H3,(H,4,5);1-2H3;3*1H4;12*1H2. The number of rotatable bonds is 6. The summed E-state index contributed by atoms with van der Waals surface area (Å²) in [5.41, 5.74) is 8.62. The Hall–Kier alpha value is 0.100. The third kappa shape index (κ3) is 89.0. The first kappa shape index (κ1) is 155. The zero-order chi connectivity index (χ0) is 70.4. The molecule has 3 saturated carbocycles. The monoisotopic (exact) mass is 1720 g/mol. The van der Waals surface area contributed by atoms with Gasteiger partial charge in [-0.05, 0) is 234 Å². The van der Waals surface area contributed by atoms with Gasteiger partial charge in [-0.25, -0.2) is 14.3 Å². The van der Waals surface area contributed by atoms with Crippen molar-refractivity contribution in [1.82, 2.24) is 0 Å². The van der Waals surface area contributed by atoms with E-state index in [0.717, 1.165) is 53.9 Å². The fraction of sp³-hybridized carbons (Fsp3) is 0.886. The second kappa shape index (κ2) is 69.1. The van der Waals surface area contributed by atoms with E-state index < -0.39 is 21.3 Å². The molecule has 0 aromatic rings. The zero-order valence-corrected chi connectivity index (χ0v) is 80.1. The van der Waals surface area contributed by atoms with Crippen molar-refractivity contribution in [1.29, 1.82) is 0 Å². The summed E-state index contributed by atoms with van der Waals surface area (Å²) in [6, 6.07) is 0. The molecule has 8 atom stereocenters. The van der Waals surface area contributed by atoms with Crippen LogP contribution in [0.2, 0.25) is 0 Å². The quantitative estimate of drug-likeness (QED) is 0.0365. The number of fused-ring (bicyclic) bond motifs is 5. The van der Waals surface area contributed by atoms with Crippen LogP contribution in [0.1, 0.15) is 308 Å². The van der Waals surface area contributed by atoms with Gasteiger partial charge in [-0.15, -0.1) is 4.33 Å². The van der Waals surface area contributed by atoms with Crippen LogP contribution in [0.5, 0.6) is 0 Å². The molecule has 4 aliphatic rings. The van der Waals surface area contributed by atoms with Crippen LogP contribution in [0, 0.1) is 52.3 Å². The van der Waals surface area contributed by atoms with Crippen LogP contribution in [0.25, 0.3) is 10.4 Å². The molecule has 1 amide bonds. The van der Waals surface area contributed by atoms with Gasteiger partial charge >= 0.3 is 35.9 Å². The molecule has 3 fully saturated rings. The van der Waals surface area contributed by atoms with Crippen LogP contribution in [-0.4, -0.2) is 96.1 Å². The molecule has 0 spiro atoms. The lowest BCUT2D eigenvalue weighted by Gasteiger charge is -2.58. The van der Waals surface area contributed by atoms with Crippen molar-refractivity contribution in [3.8, 4) is 0 Å². The second-order valence-electron chi connectivity index (χ2n) is 30.6. The number of azide groups is 1. The van der Waals surface area contributed by atoms with E-state index in [1.807, 2.05) is 123 Å². The van der Waals surface area contributed by atoms with Gasteiger partial charge < -0.3 is 33.0 Å². The molecule has 0 saturated heterocycles. The van der Waals surface area contributed by atoms with E-state index in [1.54, 1.807) is 20.8 Å². The molecule has 19 nitrogen and oxygen atoms in total. The van der Waals surface area contributed by atoms with E-state index in [4.69, 9.17) is 39.0 Å². The SMILES string of the molecule is C.C.C.CC.CC(=O)OC(C)(C)C.CC(=O)OC(C)(C)C.CC(=O)OC(C)(C)C.CC(=O)OC(C)(C)C.CC(=O)OC(C)(C)C.CC(C)(C)OC(=O)N=[N+]=[N-].CC(C)CCCC(C)C1CCC2C3CC=C4CC(C)CCC4(C)C3CCC12C.CS(C)(=O)(O)OO.S.S.S.S.S.S.S.S.S.S.S.S. The number of amides is 1. The summed E-state index contributed by atoms with van der Waals surface area (Å²) in [4.78, 5) is 63.9. The minimum Gasteiger partial charge on any atom is -0.460 e. The molecule has 4 rings (SSSR count). The highest BCUT2D eigenvalue weighted by Crippen LogP contribution is 2.67. The molecule has 2 N–H and O–H groups in total. The Bertz CT molecular complexity index is 2100. The largest absolute Gasteiger partial charge is 0.460 e. The van der Waals surface area contributed by atoms with Gasteiger partial charge in [-0.1, -0.05) is 109 Å². The van der Waals surface area contributed by atoms with Crippen LogP contribution < -0.4 is 0 Å². The Morgan fingerprint density at radius 1 is 0.539 bits per heavy atom. The molecule has 0 heterocycles. The highest BCUT2D eigenvalue weighted by Gasteiger charge is 2.59.